The smallest absolute Gasteiger partial charge is 0.206 e. The zero-order valence-electron chi connectivity index (χ0n) is 20.0. The Bertz CT molecular complexity index is 1240. The van der Waals surface area contributed by atoms with Crippen molar-refractivity contribution in [1.29, 1.82) is 0 Å². The normalized spacial score (nSPS) is 12.7. The summed E-state index contributed by atoms with van der Waals surface area (Å²) < 4.78 is 62.5. The van der Waals surface area contributed by atoms with Crippen LogP contribution < -0.4 is 4.74 Å². The molecule has 184 valence electrons. The summed E-state index contributed by atoms with van der Waals surface area (Å²) in [5.74, 6) is -8.36. The molecular formula is C28H27F4NO2. The molecule has 0 heterocycles. The van der Waals surface area contributed by atoms with Crippen molar-refractivity contribution in [2.75, 3.05) is 6.61 Å². The number of phenols is 1. The fourth-order valence-corrected chi connectivity index (χ4v) is 3.58. The molecule has 0 saturated carbocycles. The summed E-state index contributed by atoms with van der Waals surface area (Å²) in [5, 5.41) is 11.0. The fraction of sp³-hybridized carbons (Fsp3) is 0.250. The molecule has 0 aliphatic carbocycles. The molecule has 0 aromatic heterocycles. The van der Waals surface area contributed by atoms with E-state index < -0.39 is 34.7 Å². The van der Waals surface area contributed by atoms with Crippen LogP contribution in [0.3, 0.4) is 0 Å². The Hall–Kier alpha value is -3.61. The van der Waals surface area contributed by atoms with E-state index in [1.54, 1.807) is 6.07 Å². The molecule has 1 atom stereocenters. The number of nitrogens with zero attached hydrogens (tertiary/aromatic N) is 1. The lowest BCUT2D eigenvalue weighted by molar-refractivity contribution is 0.303. The highest BCUT2D eigenvalue weighted by Crippen LogP contribution is 2.38. The maximum atomic E-state index is 14.6. The number of benzene rings is 3. The summed E-state index contributed by atoms with van der Waals surface area (Å²) in [4.78, 5) is 3.69. The first-order valence-electron chi connectivity index (χ1n) is 11.0. The number of ether oxygens (including phenoxy) is 1. The van der Waals surface area contributed by atoms with Gasteiger partial charge in [0.05, 0.1) is 0 Å². The second-order valence-electron chi connectivity index (χ2n) is 9.18. The Morgan fingerprint density at radius 3 is 2.14 bits per heavy atom. The third-order valence-corrected chi connectivity index (χ3v) is 5.68. The number of hydrogen-bond acceptors (Lipinski definition) is 3. The van der Waals surface area contributed by atoms with E-state index in [0.29, 0.717) is 5.56 Å². The summed E-state index contributed by atoms with van der Waals surface area (Å²) in [7, 11) is 0. The molecule has 1 unspecified atom stereocenters. The van der Waals surface area contributed by atoms with Gasteiger partial charge in [0.15, 0.2) is 17.4 Å². The average Bonchev–Trinajstić information content (AvgIpc) is 2.83. The molecule has 3 aromatic carbocycles. The number of phenolic OH excluding ortho intramolecular Hbond substituents is 1. The van der Waals surface area contributed by atoms with Crippen LogP contribution in [0, 0.1) is 23.3 Å². The molecule has 0 aliphatic rings. The third-order valence-electron chi connectivity index (χ3n) is 5.68. The molecule has 0 spiro atoms. The van der Waals surface area contributed by atoms with Crippen molar-refractivity contribution in [3.63, 3.8) is 0 Å². The minimum Gasteiger partial charge on any atom is -0.507 e. The minimum atomic E-state index is -1.71. The van der Waals surface area contributed by atoms with E-state index in [2.05, 4.69) is 11.6 Å². The highest BCUT2D eigenvalue weighted by atomic mass is 19.2. The molecule has 0 bridgehead atoms. The number of aliphatic imine (C=N–C) groups is 1. The van der Waals surface area contributed by atoms with Crippen LogP contribution in [-0.4, -0.2) is 17.9 Å². The Balaban J connectivity index is 2.14. The van der Waals surface area contributed by atoms with Gasteiger partial charge in [0.2, 0.25) is 11.6 Å². The highest BCUT2D eigenvalue weighted by Gasteiger charge is 2.27. The number of hydrogen-bond donors (Lipinski definition) is 1. The first-order chi connectivity index (χ1) is 16.5. The quantitative estimate of drug-likeness (QED) is 0.161. The van der Waals surface area contributed by atoms with E-state index in [9.17, 15) is 22.7 Å². The molecule has 3 nitrogen and oxygen atoms in total. The molecule has 35 heavy (non-hydrogen) atoms. The first kappa shape index (κ1) is 26.0. The van der Waals surface area contributed by atoms with E-state index in [1.165, 1.54) is 6.08 Å². The Labute approximate surface area is 202 Å². The lowest BCUT2D eigenvalue weighted by atomic mass is 9.82. The molecular weight excluding hydrogens is 458 g/mol. The van der Waals surface area contributed by atoms with Crippen molar-refractivity contribution in [3.05, 3.63) is 101 Å². The molecule has 0 saturated heterocycles. The van der Waals surface area contributed by atoms with Crippen LogP contribution in [-0.2, 0) is 5.41 Å². The van der Waals surface area contributed by atoms with Crippen molar-refractivity contribution in [2.24, 2.45) is 4.99 Å². The average molecular weight is 486 g/mol. The predicted octanol–water partition coefficient (Wildman–Crippen LogP) is 7.71. The SMILES string of the molecule is C=CCOc1c(F)c(F)c(N=Cc2cc(C(C)(C)C)cc(C(C)c3ccccc3)c2O)c(F)c1F. The molecule has 0 aliphatic heterocycles. The summed E-state index contributed by atoms with van der Waals surface area (Å²) in [5.41, 5.74) is 1.02. The summed E-state index contributed by atoms with van der Waals surface area (Å²) in [6.07, 6.45) is 2.18. The molecule has 0 radical (unpaired) electrons. The van der Waals surface area contributed by atoms with Crippen LogP contribution >= 0.6 is 0 Å². The van der Waals surface area contributed by atoms with Crippen molar-refractivity contribution in [1.82, 2.24) is 0 Å². The van der Waals surface area contributed by atoms with Crippen LogP contribution in [0.15, 0.2) is 60.1 Å². The van der Waals surface area contributed by atoms with Gasteiger partial charge < -0.3 is 9.84 Å². The van der Waals surface area contributed by atoms with Crippen LogP contribution in [0.4, 0.5) is 23.2 Å². The standard InChI is InChI=1S/C28H27F4NO2/c1-6-12-35-27-23(31)21(29)25(22(30)24(27)32)33-15-18-13-19(28(3,4)5)14-20(26(18)34)16(2)17-10-8-7-9-11-17/h6-11,13-16,34H,1,12H2,2-5H3. The van der Waals surface area contributed by atoms with Gasteiger partial charge in [-0.1, -0.05) is 76.7 Å². The predicted molar refractivity (Wildman–Crippen MR) is 130 cm³/mol. The highest BCUT2D eigenvalue weighted by molar-refractivity contribution is 5.87. The zero-order chi connectivity index (χ0) is 25.9. The van der Waals surface area contributed by atoms with Crippen molar-refractivity contribution >= 4 is 11.9 Å². The van der Waals surface area contributed by atoms with E-state index in [4.69, 9.17) is 4.74 Å². The van der Waals surface area contributed by atoms with Gasteiger partial charge >= 0.3 is 0 Å². The molecule has 1 N–H and O–H groups in total. The molecule has 3 aromatic rings. The van der Waals surface area contributed by atoms with Crippen LogP contribution in [0.5, 0.6) is 11.5 Å². The molecule has 7 heteroatoms. The van der Waals surface area contributed by atoms with Gasteiger partial charge in [0.1, 0.15) is 18.0 Å². The lowest BCUT2D eigenvalue weighted by Crippen LogP contribution is -2.13. The van der Waals surface area contributed by atoms with E-state index >= 15 is 0 Å². The molecule has 3 rings (SSSR count). The van der Waals surface area contributed by atoms with Gasteiger partial charge in [0.25, 0.3) is 0 Å². The van der Waals surface area contributed by atoms with E-state index in [-0.39, 0.29) is 29.3 Å². The second-order valence-corrected chi connectivity index (χ2v) is 9.18. The van der Waals surface area contributed by atoms with Gasteiger partial charge in [-0.15, -0.1) is 0 Å². The van der Waals surface area contributed by atoms with Crippen LogP contribution in [0.1, 0.15) is 55.9 Å². The van der Waals surface area contributed by atoms with Crippen LogP contribution in [0.25, 0.3) is 0 Å². The van der Waals surface area contributed by atoms with E-state index in [1.807, 2.05) is 64.1 Å². The topological polar surface area (TPSA) is 41.8 Å². The first-order valence-corrected chi connectivity index (χ1v) is 11.0. The second kappa shape index (κ2) is 10.3. The van der Waals surface area contributed by atoms with Gasteiger partial charge in [0, 0.05) is 23.3 Å². The monoisotopic (exact) mass is 485 g/mol. The Morgan fingerprint density at radius 2 is 1.60 bits per heavy atom. The van der Waals surface area contributed by atoms with Gasteiger partial charge in [-0.25, -0.2) is 13.8 Å². The summed E-state index contributed by atoms with van der Waals surface area (Å²) >= 11 is 0. The number of rotatable bonds is 7. The van der Waals surface area contributed by atoms with E-state index in [0.717, 1.165) is 17.3 Å². The minimum absolute atomic E-state index is 0.147. The molecule has 0 fully saturated rings. The Kier molecular flexibility index (Phi) is 7.68. The fourth-order valence-electron chi connectivity index (χ4n) is 3.58. The number of halogens is 4. The maximum Gasteiger partial charge on any atom is 0.206 e. The van der Waals surface area contributed by atoms with Gasteiger partial charge in [-0.05, 0) is 22.6 Å². The van der Waals surface area contributed by atoms with Crippen molar-refractivity contribution in [2.45, 2.75) is 39.0 Å². The van der Waals surface area contributed by atoms with Crippen molar-refractivity contribution < 1.29 is 27.4 Å². The zero-order valence-corrected chi connectivity index (χ0v) is 20.0. The van der Waals surface area contributed by atoms with Crippen LogP contribution in [0.2, 0.25) is 0 Å². The van der Waals surface area contributed by atoms with Gasteiger partial charge in [-0.2, -0.15) is 8.78 Å². The third kappa shape index (κ3) is 5.39. The maximum absolute atomic E-state index is 14.6. The number of aromatic hydroxyl groups is 1. The Morgan fingerprint density at radius 1 is 1.00 bits per heavy atom. The lowest BCUT2D eigenvalue weighted by Gasteiger charge is -2.24. The summed E-state index contributed by atoms with van der Waals surface area (Å²) in [6.45, 7) is 10.8. The van der Waals surface area contributed by atoms with Gasteiger partial charge in [-0.3, -0.25) is 0 Å². The molecule has 0 amide bonds. The summed E-state index contributed by atoms with van der Waals surface area (Å²) in [6, 6.07) is 13.0. The largest absolute Gasteiger partial charge is 0.507 e. The van der Waals surface area contributed by atoms with Crippen molar-refractivity contribution in [3.8, 4) is 11.5 Å².